The normalized spacial score (nSPS) is 20.4. The standard InChI is InChI=1S/C21H33Br2NO5Si/c1-21(2,3)30(4,5)29-12-6-11-24-17(19(25)26)13-7-9-15(22)16(23)10-8-14(13)18(24)20(27)28/h15-16H,6-12H2,1-5H3,(H,25,26)(H,27,28). The molecule has 170 valence electrons. The molecule has 0 saturated heterocycles. The Labute approximate surface area is 196 Å². The van der Waals surface area contributed by atoms with Crippen molar-refractivity contribution in [2.45, 2.75) is 87.2 Å². The summed E-state index contributed by atoms with van der Waals surface area (Å²) in [6.07, 6.45) is 3.16. The van der Waals surface area contributed by atoms with Gasteiger partial charge in [-0.3, -0.25) is 0 Å². The molecule has 2 atom stereocenters. The van der Waals surface area contributed by atoms with Crippen molar-refractivity contribution in [3.05, 3.63) is 22.5 Å². The minimum Gasteiger partial charge on any atom is -0.477 e. The molecule has 30 heavy (non-hydrogen) atoms. The first kappa shape index (κ1) is 25.6. The van der Waals surface area contributed by atoms with Crippen LogP contribution in [0.15, 0.2) is 0 Å². The van der Waals surface area contributed by atoms with Gasteiger partial charge in [0.15, 0.2) is 8.32 Å². The van der Waals surface area contributed by atoms with Crippen LogP contribution in [0.4, 0.5) is 0 Å². The van der Waals surface area contributed by atoms with Gasteiger partial charge in [-0.15, -0.1) is 0 Å². The fourth-order valence-electron chi connectivity index (χ4n) is 3.67. The number of carboxylic acid groups (broad SMARTS) is 2. The first-order chi connectivity index (χ1) is 13.8. The molecule has 2 unspecified atom stereocenters. The van der Waals surface area contributed by atoms with E-state index >= 15 is 0 Å². The van der Waals surface area contributed by atoms with Crippen LogP contribution in [0.25, 0.3) is 0 Å². The molecule has 0 fully saturated rings. The maximum Gasteiger partial charge on any atom is 0.352 e. The zero-order valence-corrected chi connectivity index (χ0v) is 22.6. The third kappa shape index (κ3) is 5.58. The second kappa shape index (κ2) is 9.88. The van der Waals surface area contributed by atoms with Crippen LogP contribution in [0, 0.1) is 0 Å². The molecule has 1 aliphatic carbocycles. The molecule has 0 saturated carbocycles. The summed E-state index contributed by atoms with van der Waals surface area (Å²) in [5.41, 5.74) is 1.60. The summed E-state index contributed by atoms with van der Waals surface area (Å²) in [6.45, 7) is 11.7. The van der Waals surface area contributed by atoms with E-state index in [1.807, 2.05) is 0 Å². The van der Waals surface area contributed by atoms with Crippen molar-refractivity contribution in [3.63, 3.8) is 0 Å². The third-order valence-electron chi connectivity index (χ3n) is 6.41. The lowest BCUT2D eigenvalue weighted by Crippen LogP contribution is -2.41. The van der Waals surface area contributed by atoms with Crippen molar-refractivity contribution in [1.82, 2.24) is 4.57 Å². The summed E-state index contributed by atoms with van der Waals surface area (Å²) in [4.78, 5) is 24.7. The minimum absolute atomic E-state index is 0.0902. The van der Waals surface area contributed by atoms with Crippen LogP contribution in [0.1, 0.15) is 72.1 Å². The molecule has 0 radical (unpaired) electrons. The van der Waals surface area contributed by atoms with Crippen LogP contribution in [-0.2, 0) is 23.8 Å². The van der Waals surface area contributed by atoms with Crippen LogP contribution in [-0.4, -0.2) is 51.3 Å². The molecule has 2 rings (SSSR count). The zero-order valence-electron chi connectivity index (χ0n) is 18.4. The molecular formula is C21H33Br2NO5Si. The van der Waals surface area contributed by atoms with Gasteiger partial charge in [-0.25, -0.2) is 9.59 Å². The number of carbonyl (C=O) groups is 2. The van der Waals surface area contributed by atoms with Gasteiger partial charge >= 0.3 is 11.9 Å². The van der Waals surface area contributed by atoms with Crippen LogP contribution in [0.5, 0.6) is 0 Å². The van der Waals surface area contributed by atoms with Crippen LogP contribution in [0.2, 0.25) is 18.1 Å². The van der Waals surface area contributed by atoms with E-state index in [4.69, 9.17) is 4.43 Å². The van der Waals surface area contributed by atoms with E-state index in [0.29, 0.717) is 43.5 Å². The monoisotopic (exact) mass is 565 g/mol. The molecule has 1 aliphatic rings. The number of nitrogens with zero attached hydrogens (tertiary/aromatic N) is 1. The summed E-state index contributed by atoms with van der Waals surface area (Å²) in [6, 6.07) is 0. The maximum absolute atomic E-state index is 12.1. The van der Waals surface area contributed by atoms with Gasteiger partial charge in [-0.1, -0.05) is 52.6 Å². The van der Waals surface area contributed by atoms with E-state index in [1.165, 1.54) is 4.57 Å². The summed E-state index contributed by atoms with van der Waals surface area (Å²) < 4.78 is 7.71. The largest absolute Gasteiger partial charge is 0.477 e. The number of aromatic carboxylic acids is 2. The predicted octanol–water partition coefficient (Wildman–Crippen LogP) is 5.70. The lowest BCUT2D eigenvalue weighted by atomic mass is 9.93. The van der Waals surface area contributed by atoms with Gasteiger partial charge in [0.25, 0.3) is 0 Å². The molecule has 0 aliphatic heterocycles. The first-order valence-corrected chi connectivity index (χ1v) is 15.1. The van der Waals surface area contributed by atoms with Crippen molar-refractivity contribution in [3.8, 4) is 0 Å². The SMILES string of the molecule is CC(C)(C)[Si](C)(C)OCCCn1c(C(=O)O)c2c(c1C(=O)O)CCC(Br)C(Br)CC2. The smallest absolute Gasteiger partial charge is 0.352 e. The average molecular weight is 567 g/mol. The average Bonchev–Trinajstić information content (AvgIpc) is 2.92. The van der Waals surface area contributed by atoms with Gasteiger partial charge < -0.3 is 19.2 Å². The van der Waals surface area contributed by atoms with Gasteiger partial charge in [0, 0.05) is 22.8 Å². The quantitative estimate of drug-likeness (QED) is 0.251. The molecular weight excluding hydrogens is 534 g/mol. The molecule has 1 heterocycles. The second-order valence-electron chi connectivity index (χ2n) is 9.49. The maximum atomic E-state index is 12.1. The van der Waals surface area contributed by atoms with E-state index < -0.39 is 20.3 Å². The van der Waals surface area contributed by atoms with Crippen LogP contribution < -0.4 is 0 Å². The molecule has 0 bridgehead atoms. The number of hydrogen-bond donors (Lipinski definition) is 2. The number of rotatable bonds is 7. The number of hydrogen-bond acceptors (Lipinski definition) is 3. The highest BCUT2D eigenvalue weighted by molar-refractivity contribution is 9.12. The molecule has 1 aromatic heterocycles. The van der Waals surface area contributed by atoms with Gasteiger partial charge in [-0.05, 0) is 61.4 Å². The number of fused-ring (bicyclic) bond motifs is 1. The number of alkyl halides is 2. The Morgan fingerprint density at radius 3 is 1.83 bits per heavy atom. The second-order valence-corrected chi connectivity index (χ2v) is 16.6. The Balaban J connectivity index is 2.33. The third-order valence-corrected chi connectivity index (χ3v) is 13.8. The Hall–Kier alpha value is -0.643. The first-order valence-electron chi connectivity index (χ1n) is 10.4. The number of carboxylic acids is 2. The summed E-state index contributed by atoms with van der Waals surface area (Å²) in [5, 5.41) is 20.0. The molecule has 0 amide bonds. The van der Waals surface area contributed by atoms with Crippen LogP contribution in [0.3, 0.4) is 0 Å². The molecule has 0 aromatic carbocycles. The predicted molar refractivity (Wildman–Crippen MR) is 128 cm³/mol. The Bertz CT molecular complexity index is 753. The highest BCUT2D eigenvalue weighted by atomic mass is 79.9. The van der Waals surface area contributed by atoms with E-state index in [-0.39, 0.29) is 26.1 Å². The van der Waals surface area contributed by atoms with Crippen molar-refractivity contribution in [1.29, 1.82) is 0 Å². The van der Waals surface area contributed by atoms with Gasteiger partial charge in [0.05, 0.1) is 0 Å². The van der Waals surface area contributed by atoms with Crippen molar-refractivity contribution < 1.29 is 24.2 Å². The van der Waals surface area contributed by atoms with E-state index in [0.717, 1.165) is 12.8 Å². The number of aromatic nitrogens is 1. The molecule has 1 aromatic rings. The molecule has 9 heteroatoms. The highest BCUT2D eigenvalue weighted by Gasteiger charge is 2.37. The zero-order chi connectivity index (χ0) is 22.9. The van der Waals surface area contributed by atoms with Gasteiger partial charge in [0.1, 0.15) is 11.4 Å². The van der Waals surface area contributed by atoms with E-state index in [1.54, 1.807) is 0 Å². The van der Waals surface area contributed by atoms with Crippen molar-refractivity contribution in [2.24, 2.45) is 0 Å². The highest BCUT2D eigenvalue weighted by Crippen LogP contribution is 2.37. The molecule has 6 nitrogen and oxygen atoms in total. The minimum atomic E-state index is -1.90. The number of halogens is 2. The fourth-order valence-corrected chi connectivity index (χ4v) is 5.74. The van der Waals surface area contributed by atoms with E-state index in [2.05, 4.69) is 65.7 Å². The lowest BCUT2D eigenvalue weighted by molar-refractivity contribution is 0.0674. The Morgan fingerprint density at radius 2 is 1.47 bits per heavy atom. The lowest BCUT2D eigenvalue weighted by Gasteiger charge is -2.36. The fraction of sp³-hybridized carbons (Fsp3) is 0.714. The Morgan fingerprint density at radius 1 is 1.03 bits per heavy atom. The van der Waals surface area contributed by atoms with Crippen molar-refractivity contribution in [2.75, 3.05) is 6.61 Å². The summed E-state index contributed by atoms with van der Waals surface area (Å²) in [5.74, 6) is -2.13. The van der Waals surface area contributed by atoms with E-state index in [9.17, 15) is 19.8 Å². The molecule has 0 spiro atoms. The summed E-state index contributed by atoms with van der Waals surface area (Å²) in [7, 11) is -1.90. The van der Waals surface area contributed by atoms with Crippen LogP contribution >= 0.6 is 31.9 Å². The molecule has 2 N–H and O–H groups in total. The summed E-state index contributed by atoms with van der Waals surface area (Å²) >= 11 is 7.32. The topological polar surface area (TPSA) is 88.8 Å². The Kier molecular flexibility index (Phi) is 8.43. The van der Waals surface area contributed by atoms with Gasteiger partial charge in [-0.2, -0.15) is 0 Å². The van der Waals surface area contributed by atoms with Crippen molar-refractivity contribution >= 4 is 52.1 Å². The van der Waals surface area contributed by atoms with Gasteiger partial charge in [0.2, 0.25) is 0 Å².